The third-order valence-electron chi connectivity index (χ3n) is 5.43. The average molecular weight is 368 g/mol. The Morgan fingerprint density at radius 1 is 1.11 bits per heavy atom. The Labute approximate surface area is 158 Å². The van der Waals surface area contributed by atoms with Gasteiger partial charge in [-0.3, -0.25) is 0 Å². The standard InChI is InChI=1S/C21H25FN4O/c22-18-5-3-17(4-6-18)15-26-20(24-19-2-1-9-23-21(19)26)14-16-7-10-25(11-8-16)12-13-27/h1-6,9,16,27H,7-8,10-15H2. The van der Waals surface area contributed by atoms with Crippen molar-refractivity contribution in [3.05, 3.63) is 59.8 Å². The highest BCUT2D eigenvalue weighted by Gasteiger charge is 2.22. The monoisotopic (exact) mass is 368 g/mol. The molecule has 0 aliphatic carbocycles. The Morgan fingerprint density at radius 2 is 1.89 bits per heavy atom. The van der Waals surface area contributed by atoms with E-state index < -0.39 is 0 Å². The van der Waals surface area contributed by atoms with Crippen LogP contribution in [0.2, 0.25) is 0 Å². The molecule has 0 bridgehead atoms. The van der Waals surface area contributed by atoms with Crippen molar-refractivity contribution in [2.24, 2.45) is 5.92 Å². The first kappa shape index (κ1) is 18.1. The minimum atomic E-state index is -0.220. The number of benzene rings is 1. The molecule has 1 aliphatic heterocycles. The molecule has 1 fully saturated rings. The van der Waals surface area contributed by atoms with E-state index in [1.807, 2.05) is 24.3 Å². The molecule has 142 valence electrons. The summed E-state index contributed by atoms with van der Waals surface area (Å²) in [6, 6.07) is 10.5. The molecular formula is C21H25FN4O. The first-order valence-electron chi connectivity index (χ1n) is 9.60. The van der Waals surface area contributed by atoms with E-state index in [0.717, 1.165) is 61.4 Å². The molecule has 0 radical (unpaired) electrons. The molecule has 0 atom stereocenters. The van der Waals surface area contributed by atoms with Gasteiger partial charge in [-0.2, -0.15) is 0 Å². The molecule has 27 heavy (non-hydrogen) atoms. The number of nitrogens with zero attached hydrogens (tertiary/aromatic N) is 4. The Kier molecular flexibility index (Phi) is 5.45. The number of aliphatic hydroxyl groups excluding tert-OH is 1. The lowest BCUT2D eigenvalue weighted by molar-refractivity contribution is 0.146. The SMILES string of the molecule is OCCN1CCC(Cc2nc3cccnc3n2Cc2ccc(F)cc2)CC1. The highest BCUT2D eigenvalue weighted by molar-refractivity contribution is 5.71. The van der Waals surface area contributed by atoms with Gasteiger partial charge in [0.1, 0.15) is 17.2 Å². The summed E-state index contributed by atoms with van der Waals surface area (Å²) in [4.78, 5) is 11.7. The molecule has 1 saturated heterocycles. The number of hydrogen-bond donors (Lipinski definition) is 1. The van der Waals surface area contributed by atoms with E-state index in [1.54, 1.807) is 6.20 Å². The number of likely N-dealkylation sites (tertiary alicyclic amines) is 1. The van der Waals surface area contributed by atoms with Crippen LogP contribution in [0.4, 0.5) is 4.39 Å². The van der Waals surface area contributed by atoms with Gasteiger partial charge in [0.2, 0.25) is 0 Å². The van der Waals surface area contributed by atoms with Crippen molar-refractivity contribution in [3.8, 4) is 0 Å². The zero-order chi connectivity index (χ0) is 18.6. The van der Waals surface area contributed by atoms with Crippen LogP contribution in [-0.2, 0) is 13.0 Å². The molecule has 5 nitrogen and oxygen atoms in total. The van der Waals surface area contributed by atoms with Crippen LogP contribution in [0.5, 0.6) is 0 Å². The quantitative estimate of drug-likeness (QED) is 0.727. The van der Waals surface area contributed by atoms with Gasteiger partial charge in [0.25, 0.3) is 0 Å². The van der Waals surface area contributed by atoms with Gasteiger partial charge in [-0.1, -0.05) is 12.1 Å². The van der Waals surface area contributed by atoms with Gasteiger partial charge >= 0.3 is 0 Å². The smallest absolute Gasteiger partial charge is 0.160 e. The molecule has 2 aromatic heterocycles. The number of rotatable bonds is 6. The minimum Gasteiger partial charge on any atom is -0.395 e. The second-order valence-corrected chi connectivity index (χ2v) is 7.30. The van der Waals surface area contributed by atoms with E-state index in [9.17, 15) is 4.39 Å². The van der Waals surface area contributed by atoms with E-state index in [4.69, 9.17) is 10.1 Å². The second-order valence-electron chi connectivity index (χ2n) is 7.30. The second kappa shape index (κ2) is 8.15. The number of aromatic nitrogens is 3. The molecule has 6 heteroatoms. The Bertz CT molecular complexity index is 885. The van der Waals surface area contributed by atoms with Gasteiger partial charge in [0, 0.05) is 19.2 Å². The molecule has 0 unspecified atom stereocenters. The van der Waals surface area contributed by atoms with E-state index in [1.165, 1.54) is 12.1 Å². The number of β-amino-alcohol motifs (C(OH)–C–C–N with tert-alkyl or cyclic N) is 1. The number of imidazole rings is 1. The van der Waals surface area contributed by atoms with Crippen LogP contribution in [-0.4, -0.2) is 50.8 Å². The third kappa shape index (κ3) is 4.17. The lowest BCUT2D eigenvalue weighted by Crippen LogP contribution is -2.36. The first-order valence-corrected chi connectivity index (χ1v) is 9.60. The van der Waals surface area contributed by atoms with Crippen LogP contribution in [0.3, 0.4) is 0 Å². The van der Waals surface area contributed by atoms with Gasteiger partial charge in [-0.05, 0) is 61.7 Å². The number of halogens is 1. The van der Waals surface area contributed by atoms with E-state index in [-0.39, 0.29) is 12.4 Å². The Morgan fingerprint density at radius 3 is 2.63 bits per heavy atom. The number of piperidine rings is 1. The van der Waals surface area contributed by atoms with Gasteiger partial charge in [-0.25, -0.2) is 14.4 Å². The summed E-state index contributed by atoms with van der Waals surface area (Å²) in [5, 5.41) is 9.11. The van der Waals surface area contributed by atoms with Gasteiger partial charge in [0.15, 0.2) is 5.65 Å². The maximum absolute atomic E-state index is 13.2. The maximum atomic E-state index is 13.2. The van der Waals surface area contributed by atoms with Crippen molar-refractivity contribution >= 4 is 11.2 Å². The fourth-order valence-corrected chi connectivity index (χ4v) is 3.91. The number of hydrogen-bond acceptors (Lipinski definition) is 4. The highest BCUT2D eigenvalue weighted by atomic mass is 19.1. The van der Waals surface area contributed by atoms with Crippen LogP contribution in [0.25, 0.3) is 11.2 Å². The molecule has 3 heterocycles. The molecule has 0 saturated carbocycles. The lowest BCUT2D eigenvalue weighted by atomic mass is 9.93. The average Bonchev–Trinajstić information content (AvgIpc) is 3.02. The summed E-state index contributed by atoms with van der Waals surface area (Å²) in [6.07, 6.45) is 4.95. The molecule has 1 N–H and O–H groups in total. The summed E-state index contributed by atoms with van der Waals surface area (Å²) in [6.45, 7) is 3.69. The molecule has 3 aromatic rings. The molecule has 0 amide bonds. The van der Waals surface area contributed by atoms with Crippen molar-refractivity contribution < 1.29 is 9.50 Å². The summed E-state index contributed by atoms with van der Waals surface area (Å²) >= 11 is 0. The molecule has 1 aliphatic rings. The molecule has 4 rings (SSSR count). The summed E-state index contributed by atoms with van der Waals surface area (Å²) in [7, 11) is 0. The molecular weight excluding hydrogens is 343 g/mol. The van der Waals surface area contributed by atoms with Crippen molar-refractivity contribution in [2.75, 3.05) is 26.2 Å². The number of pyridine rings is 1. The topological polar surface area (TPSA) is 54.2 Å². The predicted octanol–water partition coefficient (Wildman–Crippen LogP) is 2.87. The summed E-state index contributed by atoms with van der Waals surface area (Å²) in [5.41, 5.74) is 2.84. The highest BCUT2D eigenvalue weighted by Crippen LogP contribution is 2.24. The molecule has 1 aromatic carbocycles. The fourth-order valence-electron chi connectivity index (χ4n) is 3.91. The van der Waals surface area contributed by atoms with Crippen molar-refractivity contribution in [1.29, 1.82) is 0 Å². The minimum absolute atomic E-state index is 0.220. The largest absolute Gasteiger partial charge is 0.395 e. The lowest BCUT2D eigenvalue weighted by Gasteiger charge is -2.31. The van der Waals surface area contributed by atoms with Gasteiger partial charge in [0.05, 0.1) is 13.2 Å². The van der Waals surface area contributed by atoms with E-state index >= 15 is 0 Å². The normalized spacial score (nSPS) is 16.2. The van der Waals surface area contributed by atoms with Gasteiger partial charge < -0.3 is 14.6 Å². The van der Waals surface area contributed by atoms with Crippen molar-refractivity contribution in [1.82, 2.24) is 19.4 Å². The zero-order valence-electron chi connectivity index (χ0n) is 15.4. The van der Waals surface area contributed by atoms with Crippen molar-refractivity contribution in [3.63, 3.8) is 0 Å². The van der Waals surface area contributed by atoms with Crippen LogP contribution < -0.4 is 0 Å². The van der Waals surface area contributed by atoms with Crippen LogP contribution in [0, 0.1) is 11.7 Å². The zero-order valence-corrected chi connectivity index (χ0v) is 15.4. The van der Waals surface area contributed by atoms with E-state index in [0.29, 0.717) is 12.5 Å². The Hall–Kier alpha value is -2.31. The van der Waals surface area contributed by atoms with Gasteiger partial charge in [-0.15, -0.1) is 0 Å². The van der Waals surface area contributed by atoms with Crippen LogP contribution in [0.1, 0.15) is 24.2 Å². The maximum Gasteiger partial charge on any atom is 0.160 e. The fraction of sp³-hybridized carbons (Fsp3) is 0.429. The number of aliphatic hydroxyl groups is 1. The summed E-state index contributed by atoms with van der Waals surface area (Å²) in [5.74, 6) is 1.42. The van der Waals surface area contributed by atoms with E-state index in [2.05, 4.69) is 14.5 Å². The molecule has 0 spiro atoms. The first-order chi connectivity index (χ1) is 13.2. The third-order valence-corrected chi connectivity index (χ3v) is 5.43. The predicted molar refractivity (Wildman–Crippen MR) is 103 cm³/mol. The van der Waals surface area contributed by atoms with Crippen LogP contribution >= 0.6 is 0 Å². The van der Waals surface area contributed by atoms with Crippen molar-refractivity contribution in [2.45, 2.75) is 25.8 Å². The van der Waals surface area contributed by atoms with Crippen LogP contribution in [0.15, 0.2) is 42.6 Å². The number of fused-ring (bicyclic) bond motifs is 1. The Balaban J connectivity index is 1.56. The summed E-state index contributed by atoms with van der Waals surface area (Å²) < 4.78 is 15.4.